The highest BCUT2D eigenvalue weighted by Gasteiger charge is 2.25. The third-order valence-corrected chi connectivity index (χ3v) is 2.84. The van der Waals surface area contributed by atoms with Gasteiger partial charge in [-0.2, -0.15) is 0 Å². The molecule has 0 aliphatic heterocycles. The molecule has 0 bridgehead atoms. The Labute approximate surface area is 119 Å². The van der Waals surface area contributed by atoms with E-state index in [-0.39, 0.29) is 30.2 Å². The van der Waals surface area contributed by atoms with E-state index in [1.165, 1.54) is 0 Å². The maximum absolute atomic E-state index is 13.1. The van der Waals surface area contributed by atoms with Crippen LogP contribution in [0.2, 0.25) is 0 Å². The molecule has 0 fully saturated rings. The van der Waals surface area contributed by atoms with Gasteiger partial charge in [-0.3, -0.25) is 4.79 Å². The predicted octanol–water partition coefficient (Wildman–Crippen LogP) is 3.06. The Morgan fingerprint density at radius 2 is 1.86 bits per heavy atom. The zero-order valence-electron chi connectivity index (χ0n) is 11.6. The first-order valence-corrected chi connectivity index (χ1v) is 6.26. The van der Waals surface area contributed by atoms with E-state index in [1.54, 1.807) is 13.8 Å². The average Bonchev–Trinajstić information content (AvgIpc) is 2.73. The van der Waals surface area contributed by atoms with Crippen LogP contribution in [0.3, 0.4) is 0 Å². The molecule has 2 aromatic rings. The average molecular weight is 296 g/mol. The van der Waals surface area contributed by atoms with Crippen LogP contribution < -0.4 is 0 Å². The number of carboxylic acids is 1. The molecule has 112 valence electrons. The van der Waals surface area contributed by atoms with Crippen molar-refractivity contribution in [3.05, 3.63) is 35.7 Å². The third kappa shape index (κ3) is 4.08. The largest absolute Gasteiger partial charge is 0.481 e. The van der Waals surface area contributed by atoms with Crippen LogP contribution in [-0.2, 0) is 11.2 Å². The van der Waals surface area contributed by atoms with Gasteiger partial charge in [0.15, 0.2) is 0 Å². The van der Waals surface area contributed by atoms with E-state index in [9.17, 15) is 13.6 Å². The highest BCUT2D eigenvalue weighted by Crippen LogP contribution is 2.27. The van der Waals surface area contributed by atoms with Crippen LogP contribution in [0.1, 0.15) is 26.2 Å². The maximum atomic E-state index is 13.1. The van der Waals surface area contributed by atoms with Crippen molar-refractivity contribution in [2.45, 2.75) is 26.7 Å². The number of nitrogens with zero attached hydrogens (tertiary/aromatic N) is 2. The van der Waals surface area contributed by atoms with Crippen LogP contribution in [0.5, 0.6) is 0 Å². The predicted molar refractivity (Wildman–Crippen MR) is 69.4 cm³/mol. The van der Waals surface area contributed by atoms with Crippen molar-refractivity contribution in [1.29, 1.82) is 0 Å². The lowest BCUT2D eigenvalue weighted by Crippen LogP contribution is -2.19. The highest BCUT2D eigenvalue weighted by molar-refractivity contribution is 5.67. The van der Waals surface area contributed by atoms with E-state index >= 15 is 0 Å². The molecule has 1 heterocycles. The van der Waals surface area contributed by atoms with Crippen LogP contribution in [0.25, 0.3) is 11.5 Å². The van der Waals surface area contributed by atoms with Gasteiger partial charge < -0.3 is 9.52 Å². The van der Waals surface area contributed by atoms with Gasteiger partial charge in [-0.05, 0) is 17.5 Å². The van der Waals surface area contributed by atoms with Gasteiger partial charge >= 0.3 is 5.97 Å². The van der Waals surface area contributed by atoms with Crippen molar-refractivity contribution in [2.75, 3.05) is 0 Å². The molecule has 0 saturated carbocycles. The molecule has 7 heteroatoms. The fourth-order valence-electron chi connectivity index (χ4n) is 2.00. The number of hydrogen-bond donors (Lipinski definition) is 1. The first-order valence-electron chi connectivity index (χ1n) is 6.26. The Balaban J connectivity index is 2.20. The van der Waals surface area contributed by atoms with E-state index in [1.807, 2.05) is 0 Å². The molecule has 0 atom stereocenters. The van der Waals surface area contributed by atoms with Crippen molar-refractivity contribution in [3.8, 4) is 11.5 Å². The highest BCUT2D eigenvalue weighted by atomic mass is 19.1. The Bertz CT molecular complexity index is 648. The molecule has 2 rings (SSSR count). The number of benzene rings is 1. The summed E-state index contributed by atoms with van der Waals surface area (Å²) in [4.78, 5) is 10.8. The quantitative estimate of drug-likeness (QED) is 0.917. The first kappa shape index (κ1) is 15.1. The molecule has 0 aliphatic carbocycles. The summed E-state index contributed by atoms with van der Waals surface area (Å²) in [6.45, 7) is 3.51. The van der Waals surface area contributed by atoms with E-state index < -0.39 is 23.0 Å². The number of carbonyl (C=O) groups is 1. The molecule has 0 saturated heterocycles. The minimum Gasteiger partial charge on any atom is -0.481 e. The van der Waals surface area contributed by atoms with Gasteiger partial charge in [-0.25, -0.2) is 8.78 Å². The van der Waals surface area contributed by atoms with Gasteiger partial charge in [0.25, 0.3) is 0 Å². The van der Waals surface area contributed by atoms with E-state index in [0.29, 0.717) is 0 Å². The monoisotopic (exact) mass is 296 g/mol. The third-order valence-electron chi connectivity index (χ3n) is 2.84. The molecule has 0 aliphatic rings. The van der Waals surface area contributed by atoms with Crippen LogP contribution in [0.4, 0.5) is 8.78 Å². The Morgan fingerprint density at radius 3 is 2.43 bits per heavy atom. The van der Waals surface area contributed by atoms with Crippen molar-refractivity contribution in [1.82, 2.24) is 10.2 Å². The van der Waals surface area contributed by atoms with Gasteiger partial charge in [0.1, 0.15) is 11.6 Å². The standard InChI is InChI=1S/C14H14F2N2O3/c1-14(2,7-12(19)20)6-11-17-18-13(21-11)8-3-9(15)5-10(16)4-8/h3-5H,6-7H2,1-2H3,(H,19,20). The fraction of sp³-hybridized carbons (Fsp3) is 0.357. The summed E-state index contributed by atoms with van der Waals surface area (Å²) < 4.78 is 31.6. The summed E-state index contributed by atoms with van der Waals surface area (Å²) in [5.41, 5.74) is -0.426. The van der Waals surface area contributed by atoms with E-state index in [4.69, 9.17) is 9.52 Å². The molecule has 0 radical (unpaired) electrons. The van der Waals surface area contributed by atoms with Crippen LogP contribution >= 0.6 is 0 Å². The first-order chi connectivity index (χ1) is 9.75. The summed E-state index contributed by atoms with van der Waals surface area (Å²) >= 11 is 0. The molecule has 1 aromatic carbocycles. The Morgan fingerprint density at radius 1 is 1.24 bits per heavy atom. The van der Waals surface area contributed by atoms with Crippen LogP contribution in [-0.4, -0.2) is 21.3 Å². The van der Waals surface area contributed by atoms with Crippen molar-refractivity contribution < 1.29 is 23.1 Å². The van der Waals surface area contributed by atoms with Gasteiger partial charge in [-0.15, -0.1) is 10.2 Å². The van der Waals surface area contributed by atoms with Gasteiger partial charge in [0, 0.05) is 18.1 Å². The molecule has 0 spiro atoms. The molecule has 0 amide bonds. The van der Waals surface area contributed by atoms with Gasteiger partial charge in [0.2, 0.25) is 11.8 Å². The van der Waals surface area contributed by atoms with E-state index in [2.05, 4.69) is 10.2 Å². The number of hydrogen-bond acceptors (Lipinski definition) is 4. The second-order valence-corrected chi connectivity index (χ2v) is 5.57. The number of aromatic nitrogens is 2. The molecule has 0 unspecified atom stereocenters. The second-order valence-electron chi connectivity index (χ2n) is 5.57. The minimum absolute atomic E-state index is 0.00507. The van der Waals surface area contributed by atoms with Crippen molar-refractivity contribution in [3.63, 3.8) is 0 Å². The minimum atomic E-state index is -0.924. The summed E-state index contributed by atoms with van der Waals surface area (Å²) in [5, 5.41) is 16.3. The summed E-state index contributed by atoms with van der Waals surface area (Å²) in [6.07, 6.45) is 0.198. The molecular weight excluding hydrogens is 282 g/mol. The number of aliphatic carboxylic acids is 1. The van der Waals surface area contributed by atoms with Gasteiger partial charge in [-0.1, -0.05) is 13.8 Å². The number of carboxylic acid groups (broad SMARTS) is 1. The number of halogens is 2. The van der Waals surface area contributed by atoms with Crippen LogP contribution in [0.15, 0.2) is 22.6 Å². The van der Waals surface area contributed by atoms with Crippen molar-refractivity contribution in [2.24, 2.45) is 5.41 Å². The molecule has 1 N–H and O–H groups in total. The lowest BCUT2D eigenvalue weighted by Gasteiger charge is -2.19. The van der Waals surface area contributed by atoms with Crippen molar-refractivity contribution >= 4 is 5.97 Å². The Hall–Kier alpha value is -2.31. The SMILES string of the molecule is CC(C)(CC(=O)O)Cc1nnc(-c2cc(F)cc(F)c2)o1. The molecule has 1 aromatic heterocycles. The maximum Gasteiger partial charge on any atom is 0.303 e. The zero-order chi connectivity index (χ0) is 15.6. The summed E-state index contributed by atoms with van der Waals surface area (Å²) in [6, 6.07) is 2.92. The zero-order valence-corrected chi connectivity index (χ0v) is 11.6. The van der Waals surface area contributed by atoms with E-state index in [0.717, 1.165) is 18.2 Å². The topological polar surface area (TPSA) is 76.2 Å². The molecule has 5 nitrogen and oxygen atoms in total. The fourth-order valence-corrected chi connectivity index (χ4v) is 2.00. The van der Waals surface area contributed by atoms with Gasteiger partial charge in [0.05, 0.1) is 6.42 Å². The number of rotatable bonds is 5. The Kier molecular flexibility index (Phi) is 4.02. The normalized spacial score (nSPS) is 11.6. The lowest BCUT2D eigenvalue weighted by molar-refractivity contribution is -0.139. The molecular formula is C14H14F2N2O3. The lowest BCUT2D eigenvalue weighted by atomic mass is 9.86. The summed E-state index contributed by atoms with van der Waals surface area (Å²) in [7, 11) is 0. The van der Waals surface area contributed by atoms with Crippen LogP contribution in [0, 0.1) is 17.0 Å². The summed E-state index contributed by atoms with van der Waals surface area (Å²) in [5.74, 6) is -2.19. The smallest absolute Gasteiger partial charge is 0.303 e. The second kappa shape index (κ2) is 5.59. The molecule has 21 heavy (non-hydrogen) atoms.